The van der Waals surface area contributed by atoms with Gasteiger partial charge in [0.1, 0.15) is 16.3 Å². The summed E-state index contributed by atoms with van der Waals surface area (Å²) in [6.07, 6.45) is 1.78. The van der Waals surface area contributed by atoms with E-state index >= 15 is 0 Å². The zero-order valence-electron chi connectivity index (χ0n) is 15.6. The van der Waals surface area contributed by atoms with Gasteiger partial charge >= 0.3 is 0 Å². The zero-order chi connectivity index (χ0) is 19.7. The summed E-state index contributed by atoms with van der Waals surface area (Å²) in [7, 11) is 0. The van der Waals surface area contributed by atoms with Crippen LogP contribution in [0, 0.1) is 20.8 Å². The summed E-state index contributed by atoms with van der Waals surface area (Å²) in [6, 6.07) is 9.74. The van der Waals surface area contributed by atoms with Gasteiger partial charge in [-0.3, -0.25) is 4.79 Å². The minimum atomic E-state index is -0.199. The number of aryl methyl sites for hydroxylation is 3. The van der Waals surface area contributed by atoms with Crippen LogP contribution in [0.3, 0.4) is 0 Å². The van der Waals surface area contributed by atoms with Crippen molar-refractivity contribution in [3.05, 3.63) is 53.5 Å². The highest BCUT2D eigenvalue weighted by molar-refractivity contribution is 8.00. The van der Waals surface area contributed by atoms with E-state index in [0.717, 1.165) is 22.3 Å². The number of carbonyl (C=O) groups is 1. The molecule has 0 saturated carbocycles. The van der Waals surface area contributed by atoms with Crippen LogP contribution in [0.1, 0.15) is 17.0 Å². The lowest BCUT2D eigenvalue weighted by Gasteiger charge is -2.08. The van der Waals surface area contributed by atoms with Crippen molar-refractivity contribution in [2.24, 2.45) is 0 Å². The van der Waals surface area contributed by atoms with Gasteiger partial charge in [0, 0.05) is 11.5 Å². The third-order valence-electron chi connectivity index (χ3n) is 4.17. The molecular formula is C19H18N6O2S. The second-order valence-electron chi connectivity index (χ2n) is 6.40. The van der Waals surface area contributed by atoms with E-state index in [1.54, 1.807) is 19.2 Å². The van der Waals surface area contributed by atoms with Crippen molar-refractivity contribution in [3.63, 3.8) is 0 Å². The van der Waals surface area contributed by atoms with E-state index < -0.39 is 0 Å². The number of anilines is 1. The molecule has 1 amide bonds. The van der Waals surface area contributed by atoms with Crippen molar-refractivity contribution in [2.45, 2.75) is 25.8 Å². The summed E-state index contributed by atoms with van der Waals surface area (Å²) in [5.74, 6) is 0.997. The zero-order valence-corrected chi connectivity index (χ0v) is 16.4. The Morgan fingerprint density at radius 3 is 2.68 bits per heavy atom. The van der Waals surface area contributed by atoms with E-state index in [0.29, 0.717) is 16.6 Å². The second-order valence-corrected chi connectivity index (χ2v) is 7.37. The Balaban J connectivity index is 1.61. The first-order chi connectivity index (χ1) is 13.5. The van der Waals surface area contributed by atoms with E-state index in [-0.39, 0.29) is 11.7 Å². The van der Waals surface area contributed by atoms with Gasteiger partial charge < -0.3 is 9.84 Å². The molecule has 8 nitrogen and oxygen atoms in total. The Bertz CT molecular complexity index is 1150. The van der Waals surface area contributed by atoms with Crippen molar-refractivity contribution < 1.29 is 9.32 Å². The lowest BCUT2D eigenvalue weighted by atomic mass is 10.2. The highest BCUT2D eigenvalue weighted by Gasteiger charge is 2.16. The predicted molar refractivity (Wildman–Crippen MR) is 107 cm³/mol. The molecule has 3 aromatic heterocycles. The number of nitrogens with zero attached hydrogens (tertiary/aromatic N) is 5. The molecule has 28 heavy (non-hydrogen) atoms. The van der Waals surface area contributed by atoms with Gasteiger partial charge in [0.15, 0.2) is 5.82 Å². The van der Waals surface area contributed by atoms with Crippen molar-refractivity contribution >= 4 is 34.4 Å². The molecule has 0 aliphatic heterocycles. The molecule has 0 saturated heterocycles. The quantitative estimate of drug-likeness (QED) is 0.518. The van der Waals surface area contributed by atoms with Crippen LogP contribution in [-0.4, -0.2) is 36.8 Å². The molecule has 4 rings (SSSR count). The van der Waals surface area contributed by atoms with Crippen LogP contribution in [0.25, 0.3) is 16.6 Å². The first-order valence-electron chi connectivity index (χ1n) is 8.65. The second kappa shape index (κ2) is 7.43. The summed E-state index contributed by atoms with van der Waals surface area (Å²) in [5.41, 5.74) is 3.73. The van der Waals surface area contributed by atoms with Gasteiger partial charge in [-0.1, -0.05) is 34.6 Å². The molecule has 0 aliphatic rings. The molecule has 0 fully saturated rings. The molecule has 9 heteroatoms. The maximum absolute atomic E-state index is 12.2. The van der Waals surface area contributed by atoms with Crippen LogP contribution < -0.4 is 5.32 Å². The smallest absolute Gasteiger partial charge is 0.236 e. The summed E-state index contributed by atoms with van der Waals surface area (Å²) in [4.78, 5) is 12.2. The fraction of sp³-hybridized carbons (Fsp3) is 0.211. The first kappa shape index (κ1) is 18.2. The number of benzene rings is 1. The van der Waals surface area contributed by atoms with Gasteiger partial charge in [0.2, 0.25) is 5.91 Å². The molecule has 0 aliphatic carbocycles. The Labute approximate surface area is 165 Å². The van der Waals surface area contributed by atoms with Crippen LogP contribution in [0.2, 0.25) is 0 Å². The fourth-order valence-corrected chi connectivity index (χ4v) is 3.53. The Hall–Kier alpha value is -3.20. The van der Waals surface area contributed by atoms with E-state index in [1.807, 2.05) is 42.8 Å². The van der Waals surface area contributed by atoms with Gasteiger partial charge in [0.05, 0.1) is 23.3 Å². The SMILES string of the molecule is Cc1ccc(-n2ncc3c(C)nnc(SCC(=O)Nc4cc(C)on4)c32)cc1. The number of nitrogens with one attached hydrogen (secondary N) is 1. The Morgan fingerprint density at radius 2 is 1.96 bits per heavy atom. The molecule has 0 atom stereocenters. The molecule has 1 aromatic carbocycles. The minimum Gasteiger partial charge on any atom is -0.360 e. The maximum atomic E-state index is 12.2. The Morgan fingerprint density at radius 1 is 1.18 bits per heavy atom. The van der Waals surface area contributed by atoms with Crippen LogP contribution >= 0.6 is 11.8 Å². The highest BCUT2D eigenvalue weighted by atomic mass is 32.2. The highest BCUT2D eigenvalue weighted by Crippen LogP contribution is 2.29. The topological polar surface area (TPSA) is 98.7 Å². The average Bonchev–Trinajstić information content (AvgIpc) is 3.29. The number of fused-ring (bicyclic) bond motifs is 1. The minimum absolute atomic E-state index is 0.165. The van der Waals surface area contributed by atoms with Gasteiger partial charge in [-0.2, -0.15) is 10.2 Å². The van der Waals surface area contributed by atoms with E-state index in [1.165, 1.54) is 17.3 Å². The van der Waals surface area contributed by atoms with Crippen molar-refractivity contribution in [2.75, 3.05) is 11.1 Å². The third kappa shape index (κ3) is 3.61. The van der Waals surface area contributed by atoms with Crippen LogP contribution in [0.4, 0.5) is 5.82 Å². The molecule has 1 N–H and O–H groups in total. The van der Waals surface area contributed by atoms with Gasteiger partial charge in [-0.25, -0.2) is 4.68 Å². The van der Waals surface area contributed by atoms with Crippen molar-refractivity contribution in [1.82, 2.24) is 25.1 Å². The monoisotopic (exact) mass is 394 g/mol. The van der Waals surface area contributed by atoms with E-state index in [2.05, 4.69) is 25.8 Å². The van der Waals surface area contributed by atoms with Crippen molar-refractivity contribution in [1.29, 1.82) is 0 Å². The Kier molecular flexibility index (Phi) is 4.82. The van der Waals surface area contributed by atoms with Gasteiger partial charge in [0.25, 0.3) is 0 Å². The first-order valence-corrected chi connectivity index (χ1v) is 9.64. The average molecular weight is 394 g/mol. The maximum Gasteiger partial charge on any atom is 0.236 e. The molecule has 0 spiro atoms. The number of thioether (sulfide) groups is 1. The largest absolute Gasteiger partial charge is 0.360 e. The van der Waals surface area contributed by atoms with Crippen LogP contribution in [-0.2, 0) is 4.79 Å². The summed E-state index contributed by atoms with van der Waals surface area (Å²) in [5, 5.41) is 21.1. The molecule has 3 heterocycles. The fourth-order valence-electron chi connectivity index (χ4n) is 2.76. The summed E-state index contributed by atoms with van der Waals surface area (Å²) in [6.45, 7) is 5.70. The number of aromatic nitrogens is 5. The van der Waals surface area contributed by atoms with E-state index in [4.69, 9.17) is 4.52 Å². The standard InChI is InChI=1S/C19H18N6O2S/c1-11-4-6-14(7-5-11)25-18-15(9-20-25)13(3)22-23-19(18)28-10-17(26)21-16-8-12(2)27-24-16/h4-9H,10H2,1-3H3,(H,21,24,26). The molecule has 0 unspecified atom stereocenters. The van der Waals surface area contributed by atoms with Gasteiger partial charge in [-0.15, -0.1) is 5.10 Å². The summed E-state index contributed by atoms with van der Waals surface area (Å²) < 4.78 is 6.79. The molecule has 0 radical (unpaired) electrons. The number of amides is 1. The number of hydrogen-bond acceptors (Lipinski definition) is 7. The molecule has 142 valence electrons. The summed E-state index contributed by atoms with van der Waals surface area (Å²) >= 11 is 1.30. The molecule has 4 aromatic rings. The van der Waals surface area contributed by atoms with Crippen LogP contribution in [0.5, 0.6) is 0 Å². The lowest BCUT2D eigenvalue weighted by molar-refractivity contribution is -0.113. The lowest BCUT2D eigenvalue weighted by Crippen LogP contribution is -2.14. The van der Waals surface area contributed by atoms with Crippen molar-refractivity contribution in [3.8, 4) is 5.69 Å². The number of carbonyl (C=O) groups excluding carboxylic acids is 1. The molecule has 0 bridgehead atoms. The van der Waals surface area contributed by atoms with Gasteiger partial charge in [-0.05, 0) is 32.9 Å². The third-order valence-corrected chi connectivity index (χ3v) is 5.12. The van der Waals surface area contributed by atoms with E-state index in [9.17, 15) is 4.79 Å². The number of hydrogen-bond donors (Lipinski definition) is 1. The van der Waals surface area contributed by atoms with Crippen LogP contribution in [0.15, 0.2) is 46.1 Å². The number of rotatable bonds is 5. The predicted octanol–water partition coefficient (Wildman–Crippen LogP) is 3.46. The molecular weight excluding hydrogens is 376 g/mol. The normalized spacial score (nSPS) is 11.1.